The maximum absolute atomic E-state index is 13.3. The number of hydrogen-bond acceptors (Lipinski definition) is 4. The highest BCUT2D eigenvalue weighted by atomic mass is 19.4. The molecule has 0 aromatic carbocycles. The lowest BCUT2D eigenvalue weighted by molar-refractivity contribution is -0.153. The second kappa shape index (κ2) is 11.2. The molecule has 172 valence electrons. The minimum Gasteiger partial charge on any atom is -0.483 e. The van der Waals surface area contributed by atoms with Crippen LogP contribution in [0.1, 0.15) is 80.1 Å². The van der Waals surface area contributed by atoms with Gasteiger partial charge in [0.25, 0.3) is 5.91 Å². The Balaban J connectivity index is 2.19. The number of furan rings is 1. The van der Waals surface area contributed by atoms with Crippen molar-refractivity contribution in [1.82, 2.24) is 9.88 Å². The standard InChI is InChI=1S/C23H31F3N2O3/c1-5-7-9-18-13-20(17(4)31-18)22(29)28(12-8-6-2)16(3)21-11-10-19(14-27-21)30-15-23(24,25)26/h10-11,13-14,16H,5-9,12,15H2,1-4H3/t16-/m1/s1. The zero-order valence-corrected chi connectivity index (χ0v) is 18.6. The molecule has 0 aliphatic carbocycles. The van der Waals surface area contributed by atoms with Gasteiger partial charge in [0.2, 0.25) is 0 Å². The smallest absolute Gasteiger partial charge is 0.422 e. The largest absolute Gasteiger partial charge is 0.483 e. The van der Waals surface area contributed by atoms with E-state index in [0.717, 1.165) is 37.9 Å². The Labute approximate surface area is 181 Å². The fourth-order valence-corrected chi connectivity index (χ4v) is 3.23. The van der Waals surface area contributed by atoms with Gasteiger partial charge in [-0.15, -0.1) is 0 Å². The third-order valence-electron chi connectivity index (χ3n) is 5.05. The van der Waals surface area contributed by atoms with E-state index < -0.39 is 12.8 Å². The number of pyridine rings is 1. The zero-order chi connectivity index (χ0) is 23.0. The van der Waals surface area contributed by atoms with E-state index in [1.54, 1.807) is 17.9 Å². The van der Waals surface area contributed by atoms with Gasteiger partial charge in [-0.1, -0.05) is 26.7 Å². The SMILES string of the molecule is CCCCc1cc(C(=O)N(CCCC)[C@H](C)c2ccc(OCC(F)(F)F)cn2)c(C)o1. The van der Waals surface area contributed by atoms with Crippen LogP contribution in [0.5, 0.6) is 5.75 Å². The van der Waals surface area contributed by atoms with E-state index >= 15 is 0 Å². The number of nitrogens with zero attached hydrogens (tertiary/aromatic N) is 2. The molecule has 1 atom stereocenters. The van der Waals surface area contributed by atoms with Crippen LogP contribution in [0.3, 0.4) is 0 Å². The third-order valence-corrected chi connectivity index (χ3v) is 5.05. The van der Waals surface area contributed by atoms with Gasteiger partial charge < -0.3 is 14.1 Å². The molecule has 0 saturated carbocycles. The number of carbonyl (C=O) groups is 1. The number of carbonyl (C=O) groups excluding carboxylic acids is 1. The lowest BCUT2D eigenvalue weighted by Crippen LogP contribution is -2.35. The number of hydrogen-bond donors (Lipinski definition) is 0. The van der Waals surface area contributed by atoms with Crippen molar-refractivity contribution in [3.8, 4) is 5.75 Å². The molecular weight excluding hydrogens is 409 g/mol. The van der Waals surface area contributed by atoms with Gasteiger partial charge in [0.1, 0.15) is 17.3 Å². The van der Waals surface area contributed by atoms with Crippen LogP contribution in [0.25, 0.3) is 0 Å². The summed E-state index contributed by atoms with van der Waals surface area (Å²) in [6.45, 7) is 6.97. The molecule has 1 amide bonds. The Morgan fingerprint density at radius 1 is 1.23 bits per heavy atom. The van der Waals surface area contributed by atoms with Crippen LogP contribution >= 0.6 is 0 Å². The van der Waals surface area contributed by atoms with E-state index in [4.69, 9.17) is 9.15 Å². The molecule has 8 heteroatoms. The number of rotatable bonds is 11. The summed E-state index contributed by atoms with van der Waals surface area (Å²) < 4.78 is 47.5. The average molecular weight is 441 g/mol. The second-order valence-electron chi connectivity index (χ2n) is 7.64. The molecule has 0 bridgehead atoms. The summed E-state index contributed by atoms with van der Waals surface area (Å²) in [7, 11) is 0. The molecule has 0 radical (unpaired) electrons. The Morgan fingerprint density at radius 3 is 2.52 bits per heavy atom. The van der Waals surface area contributed by atoms with Crippen molar-refractivity contribution in [2.24, 2.45) is 0 Å². The summed E-state index contributed by atoms with van der Waals surface area (Å²) in [6, 6.07) is 4.50. The van der Waals surface area contributed by atoms with Gasteiger partial charge in [0.05, 0.1) is 23.5 Å². The van der Waals surface area contributed by atoms with Crippen molar-refractivity contribution >= 4 is 5.91 Å². The Morgan fingerprint density at radius 2 is 1.94 bits per heavy atom. The van der Waals surface area contributed by atoms with Gasteiger partial charge >= 0.3 is 6.18 Å². The molecule has 5 nitrogen and oxygen atoms in total. The van der Waals surface area contributed by atoms with Crippen molar-refractivity contribution < 1.29 is 27.1 Å². The first kappa shape index (κ1) is 24.8. The normalized spacial score (nSPS) is 12.6. The van der Waals surface area contributed by atoms with Crippen LogP contribution in [-0.2, 0) is 6.42 Å². The maximum atomic E-state index is 13.3. The van der Waals surface area contributed by atoms with Crippen molar-refractivity contribution in [3.05, 3.63) is 47.2 Å². The summed E-state index contributed by atoms with van der Waals surface area (Å²) in [4.78, 5) is 19.3. The molecule has 0 aliphatic rings. The van der Waals surface area contributed by atoms with E-state index in [2.05, 4.69) is 11.9 Å². The lowest BCUT2D eigenvalue weighted by Gasteiger charge is -2.29. The molecule has 2 heterocycles. The number of unbranched alkanes of at least 4 members (excludes halogenated alkanes) is 2. The van der Waals surface area contributed by atoms with Gasteiger partial charge in [-0.2, -0.15) is 13.2 Å². The van der Waals surface area contributed by atoms with Gasteiger partial charge in [0.15, 0.2) is 6.61 Å². The average Bonchev–Trinajstić information content (AvgIpc) is 3.11. The predicted molar refractivity (Wildman–Crippen MR) is 112 cm³/mol. The highest BCUT2D eigenvalue weighted by Gasteiger charge is 2.29. The van der Waals surface area contributed by atoms with Crippen LogP contribution in [0.15, 0.2) is 28.8 Å². The molecule has 2 rings (SSSR count). The van der Waals surface area contributed by atoms with E-state index in [9.17, 15) is 18.0 Å². The highest BCUT2D eigenvalue weighted by Crippen LogP contribution is 2.26. The molecule has 0 N–H and O–H groups in total. The molecule has 0 saturated heterocycles. The molecule has 31 heavy (non-hydrogen) atoms. The third kappa shape index (κ3) is 7.29. The molecule has 2 aromatic heterocycles. The lowest BCUT2D eigenvalue weighted by atomic mass is 10.1. The first-order valence-electron chi connectivity index (χ1n) is 10.7. The topological polar surface area (TPSA) is 55.6 Å². The molecule has 0 aliphatic heterocycles. The molecule has 0 unspecified atom stereocenters. The maximum Gasteiger partial charge on any atom is 0.422 e. The highest BCUT2D eigenvalue weighted by molar-refractivity contribution is 5.95. The van der Waals surface area contributed by atoms with Crippen molar-refractivity contribution in [2.45, 2.75) is 72.0 Å². The second-order valence-corrected chi connectivity index (χ2v) is 7.64. The zero-order valence-electron chi connectivity index (χ0n) is 18.6. The fourth-order valence-electron chi connectivity index (χ4n) is 3.23. The van der Waals surface area contributed by atoms with Gasteiger partial charge in [0, 0.05) is 13.0 Å². The molecule has 2 aromatic rings. The monoisotopic (exact) mass is 440 g/mol. The van der Waals surface area contributed by atoms with E-state index in [-0.39, 0.29) is 17.7 Å². The van der Waals surface area contributed by atoms with Crippen molar-refractivity contribution in [2.75, 3.05) is 13.2 Å². The van der Waals surface area contributed by atoms with E-state index in [0.29, 0.717) is 23.6 Å². The van der Waals surface area contributed by atoms with E-state index in [1.165, 1.54) is 12.3 Å². The Kier molecular flexibility index (Phi) is 8.95. The Hall–Kier alpha value is -2.51. The summed E-state index contributed by atoms with van der Waals surface area (Å²) in [5.41, 5.74) is 1.12. The number of aromatic nitrogens is 1. The number of aryl methyl sites for hydroxylation is 2. The molecule has 0 spiro atoms. The van der Waals surface area contributed by atoms with Crippen LogP contribution in [0, 0.1) is 6.92 Å². The fraction of sp³-hybridized carbons (Fsp3) is 0.565. The van der Waals surface area contributed by atoms with Crippen molar-refractivity contribution in [1.29, 1.82) is 0 Å². The predicted octanol–water partition coefficient (Wildman–Crippen LogP) is 6.27. The molecular formula is C23H31F3N2O3. The minimum absolute atomic E-state index is 0.0333. The molecule has 0 fully saturated rings. The number of alkyl halides is 3. The summed E-state index contributed by atoms with van der Waals surface area (Å²) >= 11 is 0. The summed E-state index contributed by atoms with van der Waals surface area (Å²) in [5, 5.41) is 0. The summed E-state index contributed by atoms with van der Waals surface area (Å²) in [5.74, 6) is 1.29. The first-order valence-corrected chi connectivity index (χ1v) is 10.7. The van der Waals surface area contributed by atoms with Crippen LogP contribution < -0.4 is 4.74 Å². The van der Waals surface area contributed by atoms with Gasteiger partial charge in [-0.25, -0.2) is 0 Å². The van der Waals surface area contributed by atoms with E-state index in [1.807, 2.05) is 19.9 Å². The quantitative estimate of drug-likeness (QED) is 0.413. The first-order chi connectivity index (χ1) is 14.7. The number of ether oxygens (including phenoxy) is 1. The Bertz CT molecular complexity index is 832. The van der Waals surface area contributed by atoms with Crippen molar-refractivity contribution in [3.63, 3.8) is 0 Å². The number of halogens is 3. The van der Waals surface area contributed by atoms with Crippen LogP contribution in [0.2, 0.25) is 0 Å². The van der Waals surface area contributed by atoms with Crippen LogP contribution in [-0.4, -0.2) is 35.1 Å². The summed E-state index contributed by atoms with van der Waals surface area (Å²) in [6.07, 6.45) is 1.40. The van der Waals surface area contributed by atoms with Gasteiger partial charge in [-0.05, 0) is 44.9 Å². The minimum atomic E-state index is -4.41. The number of amides is 1. The van der Waals surface area contributed by atoms with Gasteiger partial charge in [-0.3, -0.25) is 9.78 Å². The van der Waals surface area contributed by atoms with Crippen LogP contribution in [0.4, 0.5) is 13.2 Å².